The van der Waals surface area contributed by atoms with Crippen LogP contribution < -0.4 is 10.6 Å². The maximum absolute atomic E-state index is 12.8. The Balaban J connectivity index is 1.41. The van der Waals surface area contributed by atoms with Crippen molar-refractivity contribution in [3.63, 3.8) is 0 Å². The van der Waals surface area contributed by atoms with E-state index in [2.05, 4.69) is 32.2 Å². The number of carbonyl (C=O) groups excluding carboxylic acids is 1. The topological polar surface area (TPSA) is 107 Å². The van der Waals surface area contributed by atoms with Gasteiger partial charge in [0.1, 0.15) is 5.82 Å². The number of allylic oxidation sites excluding steroid dienone is 2. The number of aromatic nitrogens is 3. The van der Waals surface area contributed by atoms with Crippen LogP contribution in [0.2, 0.25) is 0 Å². The Bertz CT molecular complexity index is 1320. The standard InChI is InChI=1S/C25H27N7O2/c1-3-22(26-13-16(2)31-11-8-18(33)9-12-31)30-20-15-27-24(19-14-28-25(34)23(19)20)21-6-4-5-17-7-10-29-32(17)21/h3-7,10,13,15,18,30,33H,2,8-9,11-12,14H2,1H3,(H,28,34)/b22-3+,26-13?. The van der Waals surface area contributed by atoms with Crippen molar-refractivity contribution in [2.24, 2.45) is 4.99 Å². The van der Waals surface area contributed by atoms with Gasteiger partial charge in [0, 0.05) is 30.9 Å². The zero-order valence-electron chi connectivity index (χ0n) is 19.0. The Kier molecular flexibility index (Phi) is 5.85. The van der Waals surface area contributed by atoms with Crippen LogP contribution in [0.5, 0.6) is 0 Å². The smallest absolute Gasteiger partial charge is 0.254 e. The molecule has 5 heterocycles. The van der Waals surface area contributed by atoms with Crippen LogP contribution in [-0.4, -0.2) is 55.9 Å². The van der Waals surface area contributed by atoms with Gasteiger partial charge in [-0.1, -0.05) is 12.6 Å². The molecule has 0 radical (unpaired) electrons. The molecule has 3 aromatic rings. The summed E-state index contributed by atoms with van der Waals surface area (Å²) < 4.78 is 1.82. The Morgan fingerprint density at radius 3 is 2.94 bits per heavy atom. The molecule has 0 bridgehead atoms. The first-order valence-corrected chi connectivity index (χ1v) is 11.4. The largest absolute Gasteiger partial charge is 0.393 e. The van der Waals surface area contributed by atoms with E-state index in [4.69, 9.17) is 4.98 Å². The molecule has 2 aliphatic rings. The average Bonchev–Trinajstić information content (AvgIpc) is 3.49. The van der Waals surface area contributed by atoms with E-state index in [-0.39, 0.29) is 12.0 Å². The number of rotatable bonds is 6. The van der Waals surface area contributed by atoms with Crippen molar-refractivity contribution in [3.8, 4) is 11.4 Å². The fourth-order valence-corrected chi connectivity index (χ4v) is 4.38. The summed E-state index contributed by atoms with van der Waals surface area (Å²) in [7, 11) is 0. The van der Waals surface area contributed by atoms with E-state index in [0.29, 0.717) is 23.6 Å². The summed E-state index contributed by atoms with van der Waals surface area (Å²) >= 11 is 0. The molecule has 1 saturated heterocycles. The van der Waals surface area contributed by atoms with E-state index in [0.717, 1.165) is 54.1 Å². The second kappa shape index (κ2) is 9.11. The van der Waals surface area contributed by atoms with E-state index in [1.807, 2.05) is 41.8 Å². The molecule has 1 amide bonds. The Morgan fingerprint density at radius 2 is 2.15 bits per heavy atom. The van der Waals surface area contributed by atoms with Crippen molar-refractivity contribution in [1.82, 2.24) is 24.8 Å². The second-order valence-corrected chi connectivity index (χ2v) is 8.40. The van der Waals surface area contributed by atoms with Gasteiger partial charge in [0.25, 0.3) is 5.91 Å². The van der Waals surface area contributed by atoms with E-state index < -0.39 is 0 Å². The van der Waals surface area contributed by atoms with E-state index >= 15 is 0 Å². The number of aliphatic imine (C=N–C) groups is 1. The van der Waals surface area contributed by atoms with Crippen molar-refractivity contribution in [2.75, 3.05) is 18.4 Å². The zero-order chi connectivity index (χ0) is 23.7. The second-order valence-electron chi connectivity index (χ2n) is 8.40. The van der Waals surface area contributed by atoms with Crippen molar-refractivity contribution < 1.29 is 9.90 Å². The number of aliphatic hydroxyl groups excluding tert-OH is 1. The fourth-order valence-electron chi connectivity index (χ4n) is 4.38. The van der Waals surface area contributed by atoms with E-state index in [1.165, 1.54) is 0 Å². The molecule has 0 aromatic carbocycles. The van der Waals surface area contributed by atoms with Crippen molar-refractivity contribution in [1.29, 1.82) is 0 Å². The molecule has 9 nitrogen and oxygen atoms in total. The number of aliphatic hydroxyl groups is 1. The van der Waals surface area contributed by atoms with Crippen LogP contribution in [0.3, 0.4) is 0 Å². The molecule has 3 N–H and O–H groups in total. The van der Waals surface area contributed by atoms with E-state index in [9.17, 15) is 9.90 Å². The molecule has 5 rings (SSSR count). The first-order chi connectivity index (χ1) is 16.5. The molecule has 2 aliphatic heterocycles. The van der Waals surface area contributed by atoms with Gasteiger partial charge in [-0.15, -0.1) is 0 Å². The van der Waals surface area contributed by atoms with Gasteiger partial charge in [0.2, 0.25) is 0 Å². The predicted octanol–water partition coefficient (Wildman–Crippen LogP) is 2.95. The quantitative estimate of drug-likeness (QED) is 0.492. The van der Waals surface area contributed by atoms with Crippen LogP contribution in [0.4, 0.5) is 5.69 Å². The lowest BCUT2D eigenvalue weighted by molar-refractivity contribution is 0.0965. The van der Waals surface area contributed by atoms with Gasteiger partial charge < -0.3 is 20.6 Å². The molecule has 9 heteroatoms. The minimum atomic E-state index is -0.238. The van der Waals surface area contributed by atoms with Gasteiger partial charge in [-0.05, 0) is 44.0 Å². The lowest BCUT2D eigenvalue weighted by atomic mass is 10.0. The first-order valence-electron chi connectivity index (χ1n) is 11.4. The summed E-state index contributed by atoms with van der Waals surface area (Å²) in [6.45, 7) is 7.89. The molecule has 0 aliphatic carbocycles. The van der Waals surface area contributed by atoms with Crippen LogP contribution in [0, 0.1) is 0 Å². The molecule has 1 fully saturated rings. The van der Waals surface area contributed by atoms with Crippen LogP contribution in [0.25, 0.3) is 16.9 Å². The number of anilines is 1. The highest BCUT2D eigenvalue weighted by Crippen LogP contribution is 2.32. The highest BCUT2D eigenvalue weighted by molar-refractivity contribution is 6.05. The molecule has 0 unspecified atom stereocenters. The molecule has 0 saturated carbocycles. The summed E-state index contributed by atoms with van der Waals surface area (Å²) in [5.41, 5.74) is 5.28. The van der Waals surface area contributed by atoms with E-state index in [1.54, 1.807) is 18.6 Å². The molecular formula is C25H27N7O2. The van der Waals surface area contributed by atoms with Gasteiger partial charge in [0.15, 0.2) is 0 Å². The summed E-state index contributed by atoms with van der Waals surface area (Å²) in [5.74, 6) is 0.438. The lowest BCUT2D eigenvalue weighted by Gasteiger charge is -2.31. The Morgan fingerprint density at radius 1 is 1.32 bits per heavy atom. The van der Waals surface area contributed by atoms with Gasteiger partial charge in [-0.2, -0.15) is 5.10 Å². The molecule has 3 aromatic heterocycles. The fraction of sp³-hybridized carbons (Fsp3) is 0.280. The maximum atomic E-state index is 12.8. The first kappa shape index (κ1) is 21.8. The number of likely N-dealkylation sites (tertiary alicyclic amines) is 1. The number of nitrogens with zero attached hydrogens (tertiary/aromatic N) is 5. The number of pyridine rings is 2. The van der Waals surface area contributed by atoms with Gasteiger partial charge in [-0.3, -0.25) is 9.78 Å². The average molecular weight is 458 g/mol. The Labute approximate surface area is 197 Å². The van der Waals surface area contributed by atoms with Crippen LogP contribution in [0.15, 0.2) is 65.8 Å². The third-order valence-corrected chi connectivity index (χ3v) is 6.26. The SMILES string of the molecule is C=C(C=N/C(=C\C)Nc1cnc(-c2cccc3ccnn23)c2c1C(=O)NC2)N1CCC(O)CC1. The number of amides is 1. The van der Waals surface area contributed by atoms with Gasteiger partial charge >= 0.3 is 0 Å². The lowest BCUT2D eigenvalue weighted by Crippen LogP contribution is -2.35. The van der Waals surface area contributed by atoms with Gasteiger partial charge in [0.05, 0.1) is 52.9 Å². The molecule has 174 valence electrons. The zero-order valence-corrected chi connectivity index (χ0v) is 19.0. The summed E-state index contributed by atoms with van der Waals surface area (Å²) in [5, 5.41) is 20.3. The third-order valence-electron chi connectivity index (χ3n) is 6.26. The molecular weight excluding hydrogens is 430 g/mol. The van der Waals surface area contributed by atoms with Crippen molar-refractivity contribution in [3.05, 3.63) is 72.0 Å². The maximum Gasteiger partial charge on any atom is 0.254 e. The van der Waals surface area contributed by atoms with Crippen LogP contribution in [-0.2, 0) is 6.54 Å². The number of piperidine rings is 1. The molecule has 34 heavy (non-hydrogen) atoms. The third kappa shape index (κ3) is 4.06. The van der Waals surface area contributed by atoms with Crippen LogP contribution in [0.1, 0.15) is 35.7 Å². The molecule has 0 spiro atoms. The number of hydrogen-bond donors (Lipinski definition) is 3. The normalized spacial score (nSPS) is 16.8. The van der Waals surface area contributed by atoms with Crippen molar-refractivity contribution >= 4 is 23.3 Å². The monoisotopic (exact) mass is 457 g/mol. The number of fused-ring (bicyclic) bond motifs is 2. The highest BCUT2D eigenvalue weighted by atomic mass is 16.3. The number of nitrogens with one attached hydrogen (secondary N) is 2. The summed E-state index contributed by atoms with van der Waals surface area (Å²) in [6.07, 6.45) is 8.18. The number of carbonyl (C=O) groups is 1. The molecule has 0 atom stereocenters. The van der Waals surface area contributed by atoms with Crippen molar-refractivity contribution in [2.45, 2.75) is 32.4 Å². The Hall–Kier alpha value is -3.98. The number of hydrogen-bond acceptors (Lipinski definition) is 7. The summed E-state index contributed by atoms with van der Waals surface area (Å²) in [4.78, 5) is 24.1. The van der Waals surface area contributed by atoms with Gasteiger partial charge in [-0.25, -0.2) is 9.51 Å². The minimum Gasteiger partial charge on any atom is -0.393 e. The highest BCUT2D eigenvalue weighted by Gasteiger charge is 2.28. The van der Waals surface area contributed by atoms with Crippen LogP contribution >= 0.6 is 0 Å². The minimum absolute atomic E-state index is 0.149. The predicted molar refractivity (Wildman–Crippen MR) is 131 cm³/mol. The summed E-state index contributed by atoms with van der Waals surface area (Å²) in [6, 6.07) is 7.82.